The van der Waals surface area contributed by atoms with Gasteiger partial charge >= 0.3 is 0 Å². The molecule has 0 spiro atoms. The van der Waals surface area contributed by atoms with Crippen molar-refractivity contribution in [3.8, 4) is 0 Å². The van der Waals surface area contributed by atoms with Crippen LogP contribution in [0.3, 0.4) is 0 Å². The van der Waals surface area contributed by atoms with E-state index in [0.717, 1.165) is 0 Å². The molecule has 0 radical (unpaired) electrons. The van der Waals surface area contributed by atoms with Gasteiger partial charge in [-0.15, -0.1) is 20.7 Å². The number of hydrogen-bond acceptors (Lipinski definition) is 1. The van der Waals surface area contributed by atoms with Gasteiger partial charge in [0.15, 0.2) is 0 Å². The molecule has 0 saturated heterocycles. The first-order valence-electron chi connectivity index (χ1n) is 2.21. The third-order valence-corrected chi connectivity index (χ3v) is 3.37. The maximum absolute atomic E-state index is 3.88. The molecule has 0 aliphatic rings. The number of rotatable bonds is 2. The van der Waals surface area contributed by atoms with Gasteiger partial charge in [-0.05, 0) is 20.9 Å². The largest absolute Gasteiger partial charge is 0.307 e. The highest BCUT2D eigenvalue weighted by Crippen LogP contribution is 2.15. The van der Waals surface area contributed by atoms with Gasteiger partial charge in [-0.25, -0.2) is 0 Å². The lowest BCUT2D eigenvalue weighted by Crippen LogP contribution is -2.28. The molecule has 0 aliphatic heterocycles. The Bertz CT molecular complexity index is 68.5. The first-order chi connectivity index (χ1) is 3.12. The predicted octanol–water partition coefficient (Wildman–Crippen LogP) is 1.34. The first kappa shape index (κ1) is 7.56. The number of hydrogen-bond donors (Lipinski definition) is 1. The van der Waals surface area contributed by atoms with E-state index < -0.39 is 0 Å². The van der Waals surface area contributed by atoms with Gasteiger partial charge in [-0.3, -0.25) is 0 Å². The van der Waals surface area contributed by atoms with Gasteiger partial charge in [-0.1, -0.05) is 4.51 Å². The van der Waals surface area contributed by atoms with E-state index in [9.17, 15) is 0 Å². The van der Waals surface area contributed by atoms with E-state index in [1.807, 2.05) is 7.05 Å². The molecule has 0 bridgehead atoms. The van der Waals surface area contributed by atoms with E-state index in [-0.39, 0.29) is 20.7 Å². The second-order valence-electron chi connectivity index (χ2n) is 1.86. The lowest BCUT2D eigenvalue weighted by molar-refractivity contribution is 0.640. The van der Waals surface area contributed by atoms with Crippen LogP contribution in [0.15, 0.2) is 0 Å². The second kappa shape index (κ2) is 2.77. The van der Waals surface area contributed by atoms with Gasteiger partial charge in [0.05, 0.1) is 3.55 Å². The van der Waals surface area contributed by atoms with E-state index in [4.69, 9.17) is 0 Å². The normalized spacial score (nSPS) is 11.9. The molecule has 44 valence electrons. The summed E-state index contributed by atoms with van der Waals surface area (Å²) in [5.74, 6) is 0. The Balaban J connectivity index is 3.58. The fourth-order valence-electron chi connectivity index (χ4n) is 0.0668. The van der Waals surface area contributed by atoms with Crippen molar-refractivity contribution < 1.29 is 0 Å². The molecule has 0 unspecified atom stereocenters. The predicted molar refractivity (Wildman–Crippen MR) is 44.3 cm³/mol. The van der Waals surface area contributed by atoms with Crippen LogP contribution in [-0.2, 0) is 0 Å². The van der Waals surface area contributed by atoms with Crippen molar-refractivity contribution >= 4 is 25.2 Å². The Labute approximate surface area is 55.2 Å². The molecule has 0 rings (SSSR count). The minimum absolute atomic E-state index is 0.0999. The Hall–Kier alpha value is 0.560. The Morgan fingerprint density at radius 1 is 1.57 bits per heavy atom. The standard InChI is InChI=1S/C5H12IN/c1-5(2,6-3)7-4/h7H,3H2,1-2,4H3. The highest BCUT2D eigenvalue weighted by Gasteiger charge is 2.06. The summed E-state index contributed by atoms with van der Waals surface area (Å²) in [5.41, 5.74) is 0. The number of halogens is 1. The number of alkyl halides is 1. The van der Waals surface area contributed by atoms with Crippen molar-refractivity contribution in [3.05, 3.63) is 0 Å². The van der Waals surface area contributed by atoms with Gasteiger partial charge in [0.1, 0.15) is 0 Å². The summed E-state index contributed by atoms with van der Waals surface area (Å²) in [6.45, 7) is 4.35. The smallest absolute Gasteiger partial charge is 0.0592 e. The monoisotopic (exact) mass is 213 g/mol. The van der Waals surface area contributed by atoms with Gasteiger partial charge in [-0.2, -0.15) is 0 Å². The third kappa shape index (κ3) is 3.17. The van der Waals surface area contributed by atoms with Crippen molar-refractivity contribution in [3.63, 3.8) is 0 Å². The van der Waals surface area contributed by atoms with E-state index in [0.29, 0.717) is 3.55 Å². The lowest BCUT2D eigenvalue weighted by atomic mass is 10.4. The molecular weight excluding hydrogens is 201 g/mol. The summed E-state index contributed by atoms with van der Waals surface area (Å²) in [6, 6.07) is 0. The minimum atomic E-state index is 0.0999. The van der Waals surface area contributed by atoms with Crippen molar-refractivity contribution in [2.75, 3.05) is 7.05 Å². The zero-order chi connectivity index (χ0) is 5.91. The summed E-state index contributed by atoms with van der Waals surface area (Å²) < 4.78 is 4.21. The highest BCUT2D eigenvalue weighted by atomic mass is 127. The van der Waals surface area contributed by atoms with E-state index >= 15 is 0 Å². The van der Waals surface area contributed by atoms with Crippen molar-refractivity contribution in [2.24, 2.45) is 0 Å². The van der Waals surface area contributed by atoms with Gasteiger partial charge in [0, 0.05) is 0 Å². The molecule has 0 aromatic heterocycles. The van der Waals surface area contributed by atoms with Crippen LogP contribution in [0.25, 0.3) is 0 Å². The van der Waals surface area contributed by atoms with Crippen LogP contribution in [0.5, 0.6) is 0 Å². The topological polar surface area (TPSA) is 12.0 Å². The molecule has 0 atom stereocenters. The van der Waals surface area contributed by atoms with Crippen LogP contribution in [0.4, 0.5) is 0 Å². The molecule has 2 heteroatoms. The average molecular weight is 213 g/mol. The zero-order valence-electron chi connectivity index (χ0n) is 5.09. The van der Waals surface area contributed by atoms with E-state index in [2.05, 4.69) is 23.7 Å². The van der Waals surface area contributed by atoms with Crippen LogP contribution >= 0.6 is 20.7 Å². The van der Waals surface area contributed by atoms with Crippen LogP contribution in [0, 0.1) is 0 Å². The van der Waals surface area contributed by atoms with Crippen LogP contribution in [0.2, 0.25) is 0 Å². The minimum Gasteiger partial charge on any atom is -0.307 e. The molecule has 1 N–H and O–H groups in total. The van der Waals surface area contributed by atoms with Crippen molar-refractivity contribution in [2.45, 2.75) is 17.4 Å². The lowest BCUT2D eigenvalue weighted by Gasteiger charge is -2.16. The van der Waals surface area contributed by atoms with Crippen LogP contribution in [-0.4, -0.2) is 15.1 Å². The summed E-state index contributed by atoms with van der Waals surface area (Å²) in [5, 5.41) is 3.18. The molecule has 0 aliphatic carbocycles. The summed E-state index contributed by atoms with van der Waals surface area (Å²) >= 11 is 0.0999. The quantitative estimate of drug-likeness (QED) is 0.414. The zero-order valence-corrected chi connectivity index (χ0v) is 7.24. The van der Waals surface area contributed by atoms with E-state index in [1.165, 1.54) is 0 Å². The molecular formula is C5H12IN. The number of nitrogens with one attached hydrogen (secondary N) is 1. The van der Waals surface area contributed by atoms with Crippen molar-refractivity contribution in [1.29, 1.82) is 0 Å². The van der Waals surface area contributed by atoms with Crippen LogP contribution in [0.1, 0.15) is 13.8 Å². The fourth-order valence-corrected chi connectivity index (χ4v) is 0.448. The maximum atomic E-state index is 3.88. The Kier molecular flexibility index (Phi) is 2.99. The van der Waals surface area contributed by atoms with E-state index in [1.54, 1.807) is 0 Å². The van der Waals surface area contributed by atoms with Gasteiger partial charge in [0.25, 0.3) is 0 Å². The molecule has 1 nitrogen and oxygen atoms in total. The van der Waals surface area contributed by atoms with Crippen LogP contribution < -0.4 is 5.32 Å². The average Bonchev–Trinajstić information content (AvgIpc) is 1.68. The fraction of sp³-hybridized carbons (Fsp3) is 0.800. The molecule has 0 amide bonds. The first-order valence-corrected chi connectivity index (χ1v) is 4.81. The molecule has 7 heavy (non-hydrogen) atoms. The summed E-state index contributed by atoms with van der Waals surface area (Å²) in [7, 11) is 1.98. The molecule has 0 heterocycles. The van der Waals surface area contributed by atoms with Gasteiger partial charge in [0.2, 0.25) is 0 Å². The third-order valence-electron chi connectivity index (χ3n) is 0.929. The van der Waals surface area contributed by atoms with Crippen molar-refractivity contribution in [1.82, 2.24) is 5.32 Å². The summed E-state index contributed by atoms with van der Waals surface area (Å²) in [6.07, 6.45) is 0. The molecule has 0 aromatic rings. The SMILES string of the molecule is C=IC(C)(C)NC. The Morgan fingerprint density at radius 2 is 2.00 bits per heavy atom. The maximum Gasteiger partial charge on any atom is 0.0592 e. The summed E-state index contributed by atoms with van der Waals surface area (Å²) in [4.78, 5) is 0. The molecule has 0 saturated carbocycles. The Morgan fingerprint density at radius 3 is 2.00 bits per heavy atom. The van der Waals surface area contributed by atoms with Gasteiger partial charge < -0.3 is 5.32 Å². The highest BCUT2D eigenvalue weighted by molar-refractivity contribution is 14.2. The molecule has 0 fully saturated rings. The second-order valence-corrected chi connectivity index (χ2v) is 5.32. The molecule has 0 aromatic carbocycles.